The van der Waals surface area contributed by atoms with Crippen molar-refractivity contribution in [2.45, 2.75) is 24.9 Å². The minimum absolute atomic E-state index is 0. The highest BCUT2D eigenvalue weighted by molar-refractivity contribution is 7.99. The number of urea groups is 1. The van der Waals surface area contributed by atoms with Crippen molar-refractivity contribution in [3.05, 3.63) is 29.8 Å². The molecule has 7 nitrogen and oxygen atoms in total. The van der Waals surface area contributed by atoms with E-state index in [9.17, 15) is 14.4 Å². The molecule has 2 aliphatic heterocycles. The number of benzene rings is 1. The van der Waals surface area contributed by atoms with Crippen LogP contribution in [0.4, 0.5) is 10.5 Å². The molecular weight excluding hydrogens is 364 g/mol. The monoisotopic (exact) mass is 384 g/mol. The van der Waals surface area contributed by atoms with E-state index in [1.165, 1.54) is 0 Å². The lowest BCUT2D eigenvalue weighted by Gasteiger charge is -2.23. The molecule has 0 aliphatic carbocycles. The molecule has 4 N–H and O–H groups in total. The van der Waals surface area contributed by atoms with Crippen LogP contribution >= 0.6 is 24.2 Å². The van der Waals surface area contributed by atoms with E-state index in [1.54, 1.807) is 31.2 Å². The highest BCUT2D eigenvalue weighted by Gasteiger charge is 2.43. The number of thioether (sulfide) groups is 1. The molecule has 0 radical (unpaired) electrons. The van der Waals surface area contributed by atoms with E-state index in [1.807, 2.05) is 11.8 Å². The van der Waals surface area contributed by atoms with Crippen LogP contribution in [0.15, 0.2) is 24.3 Å². The SMILES string of the molecule is CC1(c2cccc(NC(=O)CC3CSCCN3)c2)NC(=O)NC1=O.Cl. The summed E-state index contributed by atoms with van der Waals surface area (Å²) in [6.07, 6.45) is 0.408. The third-order valence-corrected chi connectivity index (χ3v) is 5.33. The zero-order valence-corrected chi connectivity index (χ0v) is 15.4. The predicted molar refractivity (Wildman–Crippen MR) is 100 cm³/mol. The van der Waals surface area contributed by atoms with Gasteiger partial charge in [-0.25, -0.2) is 4.79 Å². The Morgan fingerprint density at radius 2 is 2.20 bits per heavy atom. The Balaban J connectivity index is 0.00000225. The molecule has 2 aliphatic rings. The Morgan fingerprint density at radius 3 is 2.84 bits per heavy atom. The fourth-order valence-corrected chi connectivity index (χ4v) is 3.79. The number of anilines is 1. The molecule has 0 aromatic heterocycles. The van der Waals surface area contributed by atoms with Crippen LogP contribution in [0.25, 0.3) is 0 Å². The second kappa shape index (κ2) is 8.07. The summed E-state index contributed by atoms with van der Waals surface area (Å²) < 4.78 is 0. The first-order valence-corrected chi connectivity index (χ1v) is 8.98. The predicted octanol–water partition coefficient (Wildman–Crippen LogP) is 1.20. The number of carbonyl (C=O) groups is 3. The summed E-state index contributed by atoms with van der Waals surface area (Å²) >= 11 is 1.84. The fourth-order valence-electron chi connectivity index (χ4n) is 2.84. The van der Waals surface area contributed by atoms with Crippen molar-refractivity contribution in [3.8, 4) is 0 Å². The molecule has 0 bridgehead atoms. The number of nitrogens with one attached hydrogen (secondary N) is 4. The maximum absolute atomic E-state index is 12.2. The lowest BCUT2D eigenvalue weighted by atomic mass is 9.92. The van der Waals surface area contributed by atoms with Crippen molar-refractivity contribution in [3.63, 3.8) is 0 Å². The number of imide groups is 1. The number of hydrogen-bond acceptors (Lipinski definition) is 5. The molecule has 2 saturated heterocycles. The molecule has 2 heterocycles. The zero-order valence-electron chi connectivity index (χ0n) is 13.8. The first kappa shape index (κ1) is 19.6. The second-order valence-electron chi connectivity index (χ2n) is 6.09. The average molecular weight is 385 g/mol. The van der Waals surface area contributed by atoms with Gasteiger partial charge >= 0.3 is 6.03 Å². The molecule has 2 unspecified atom stereocenters. The van der Waals surface area contributed by atoms with Gasteiger partial charge in [0, 0.05) is 36.2 Å². The van der Waals surface area contributed by atoms with Gasteiger partial charge in [0.25, 0.3) is 5.91 Å². The third kappa shape index (κ3) is 4.45. The Kier molecular flexibility index (Phi) is 6.31. The summed E-state index contributed by atoms with van der Waals surface area (Å²) in [6, 6.07) is 6.65. The van der Waals surface area contributed by atoms with Crippen LogP contribution in [0.3, 0.4) is 0 Å². The summed E-state index contributed by atoms with van der Waals surface area (Å²) in [5.74, 6) is 1.53. The van der Waals surface area contributed by atoms with Crippen molar-refractivity contribution in [1.82, 2.24) is 16.0 Å². The molecule has 0 saturated carbocycles. The summed E-state index contributed by atoms with van der Waals surface area (Å²) in [4.78, 5) is 35.6. The zero-order chi connectivity index (χ0) is 17.2. The first-order valence-electron chi connectivity index (χ1n) is 7.82. The molecule has 25 heavy (non-hydrogen) atoms. The quantitative estimate of drug-likeness (QED) is 0.584. The summed E-state index contributed by atoms with van der Waals surface area (Å²) in [6.45, 7) is 2.56. The van der Waals surface area contributed by atoms with Crippen LogP contribution in [0.1, 0.15) is 18.9 Å². The summed E-state index contributed by atoms with van der Waals surface area (Å²) in [5.41, 5.74) is 0.102. The van der Waals surface area contributed by atoms with Gasteiger partial charge in [-0.15, -0.1) is 12.4 Å². The van der Waals surface area contributed by atoms with Gasteiger partial charge in [0.15, 0.2) is 0 Å². The van der Waals surface area contributed by atoms with E-state index in [0.29, 0.717) is 17.7 Å². The summed E-state index contributed by atoms with van der Waals surface area (Å²) in [7, 11) is 0. The molecule has 9 heteroatoms. The van der Waals surface area contributed by atoms with Gasteiger partial charge in [0.05, 0.1) is 0 Å². The van der Waals surface area contributed by atoms with Gasteiger partial charge in [0.1, 0.15) is 5.54 Å². The van der Waals surface area contributed by atoms with Crippen LogP contribution in [0, 0.1) is 0 Å². The maximum atomic E-state index is 12.2. The Labute approximate surface area is 156 Å². The van der Waals surface area contributed by atoms with E-state index < -0.39 is 17.5 Å². The van der Waals surface area contributed by atoms with Gasteiger partial charge < -0.3 is 16.0 Å². The van der Waals surface area contributed by atoms with Gasteiger partial charge in [-0.3, -0.25) is 14.9 Å². The van der Waals surface area contributed by atoms with Crippen molar-refractivity contribution < 1.29 is 14.4 Å². The number of amides is 4. The normalized spacial score (nSPS) is 25.6. The van der Waals surface area contributed by atoms with Crippen molar-refractivity contribution in [2.24, 2.45) is 0 Å². The summed E-state index contributed by atoms with van der Waals surface area (Å²) in [5, 5.41) is 11.0. The van der Waals surface area contributed by atoms with Crippen LogP contribution in [0.2, 0.25) is 0 Å². The van der Waals surface area contributed by atoms with Crippen molar-refractivity contribution in [2.75, 3.05) is 23.4 Å². The molecule has 2 atom stereocenters. The molecule has 136 valence electrons. The molecule has 1 aromatic rings. The van der Waals surface area contributed by atoms with Crippen LogP contribution < -0.4 is 21.3 Å². The lowest BCUT2D eigenvalue weighted by molar-refractivity contribution is -0.123. The van der Waals surface area contributed by atoms with Crippen LogP contribution in [-0.2, 0) is 15.1 Å². The molecular formula is C16H21ClN4O3S. The molecule has 0 spiro atoms. The van der Waals surface area contributed by atoms with Crippen LogP contribution in [-0.4, -0.2) is 41.9 Å². The van der Waals surface area contributed by atoms with Crippen LogP contribution in [0.5, 0.6) is 0 Å². The second-order valence-corrected chi connectivity index (χ2v) is 7.24. The highest BCUT2D eigenvalue weighted by atomic mass is 35.5. The van der Waals surface area contributed by atoms with Crippen molar-refractivity contribution >= 4 is 47.7 Å². The third-order valence-electron chi connectivity index (χ3n) is 4.20. The smallest absolute Gasteiger partial charge is 0.322 e. The Bertz CT molecular complexity index is 681. The van der Waals surface area contributed by atoms with Gasteiger partial charge in [-0.1, -0.05) is 12.1 Å². The Morgan fingerprint density at radius 1 is 1.40 bits per heavy atom. The number of carbonyl (C=O) groups excluding carboxylic acids is 3. The molecule has 1 aromatic carbocycles. The van der Waals surface area contributed by atoms with E-state index in [2.05, 4.69) is 21.3 Å². The maximum Gasteiger partial charge on any atom is 0.322 e. The van der Waals surface area contributed by atoms with Gasteiger partial charge in [-0.05, 0) is 24.6 Å². The van der Waals surface area contributed by atoms with Gasteiger partial charge in [-0.2, -0.15) is 11.8 Å². The minimum Gasteiger partial charge on any atom is -0.326 e. The topological polar surface area (TPSA) is 99.3 Å². The van der Waals surface area contributed by atoms with E-state index in [4.69, 9.17) is 0 Å². The Hall–Kier alpha value is -1.77. The molecule has 2 fully saturated rings. The van der Waals surface area contributed by atoms with E-state index >= 15 is 0 Å². The van der Waals surface area contributed by atoms with E-state index in [0.717, 1.165) is 18.1 Å². The van der Waals surface area contributed by atoms with Crippen molar-refractivity contribution in [1.29, 1.82) is 0 Å². The number of rotatable bonds is 4. The van der Waals surface area contributed by atoms with Gasteiger partial charge in [0.2, 0.25) is 5.91 Å². The molecule has 4 amide bonds. The number of halogens is 1. The largest absolute Gasteiger partial charge is 0.326 e. The number of hydrogen-bond donors (Lipinski definition) is 4. The lowest BCUT2D eigenvalue weighted by Crippen LogP contribution is -2.40. The first-order chi connectivity index (χ1) is 11.5. The standard InChI is InChI=1S/C16H20N4O3S.ClH/c1-16(14(22)19-15(23)20-16)10-3-2-4-11(7-10)18-13(21)8-12-9-24-6-5-17-12;/h2-4,7,12,17H,5-6,8-9H2,1H3,(H,18,21)(H2,19,20,22,23);1H. The van der Waals surface area contributed by atoms with E-state index in [-0.39, 0.29) is 24.4 Å². The fraction of sp³-hybridized carbons (Fsp3) is 0.438. The molecule has 3 rings (SSSR count). The highest BCUT2D eigenvalue weighted by Crippen LogP contribution is 2.26. The average Bonchev–Trinajstić information content (AvgIpc) is 2.82. The minimum atomic E-state index is -1.13.